The highest BCUT2D eigenvalue weighted by Gasteiger charge is 2.25. The van der Waals surface area contributed by atoms with E-state index in [0.29, 0.717) is 18.9 Å². The Hall–Kier alpha value is -3.09. The number of benzene rings is 1. The van der Waals surface area contributed by atoms with E-state index in [1.165, 1.54) is 5.56 Å². The predicted octanol–water partition coefficient (Wildman–Crippen LogP) is 6.95. The molecule has 7 heteroatoms. The van der Waals surface area contributed by atoms with Gasteiger partial charge in [0.25, 0.3) is 0 Å². The summed E-state index contributed by atoms with van der Waals surface area (Å²) in [5, 5.41) is 4.68. The number of aliphatic imine (C=N–C) groups is 1. The fourth-order valence-electron chi connectivity index (χ4n) is 3.67. The van der Waals surface area contributed by atoms with Crippen LogP contribution >= 0.6 is 0 Å². The number of hydrogen-bond acceptors (Lipinski definition) is 6. The molecular formula is C29H43N3O4. The molecule has 2 atom stereocenters. The monoisotopic (exact) mass is 497 g/mol. The van der Waals surface area contributed by atoms with Crippen LogP contribution in [-0.2, 0) is 26.2 Å². The van der Waals surface area contributed by atoms with E-state index < -0.39 is 12.4 Å². The summed E-state index contributed by atoms with van der Waals surface area (Å²) < 4.78 is 19.0. The highest BCUT2D eigenvalue weighted by molar-refractivity contribution is 6.18. The van der Waals surface area contributed by atoms with Crippen LogP contribution in [-0.4, -0.2) is 42.1 Å². The lowest BCUT2D eigenvalue weighted by Gasteiger charge is -2.22. The molecular weight excluding hydrogens is 454 g/mol. The van der Waals surface area contributed by atoms with Crippen LogP contribution < -0.4 is 0 Å². The van der Waals surface area contributed by atoms with Crippen molar-refractivity contribution in [3.63, 3.8) is 0 Å². The van der Waals surface area contributed by atoms with Gasteiger partial charge in [-0.05, 0) is 43.2 Å². The van der Waals surface area contributed by atoms with E-state index >= 15 is 0 Å². The third-order valence-electron chi connectivity index (χ3n) is 6.23. The van der Waals surface area contributed by atoms with Gasteiger partial charge in [0, 0.05) is 37.9 Å². The second-order valence-electron chi connectivity index (χ2n) is 10.2. The average molecular weight is 498 g/mol. The van der Waals surface area contributed by atoms with Crippen LogP contribution in [0.2, 0.25) is 0 Å². The van der Waals surface area contributed by atoms with Crippen molar-refractivity contribution in [1.82, 2.24) is 9.78 Å². The molecule has 0 saturated heterocycles. The summed E-state index contributed by atoms with van der Waals surface area (Å²) in [4.78, 5) is 16.6. The normalized spacial score (nSPS) is 14.4. The number of carbonyl (C=O) groups excluding carboxylic acids is 1. The molecule has 7 nitrogen and oxygen atoms in total. The van der Waals surface area contributed by atoms with Crippen molar-refractivity contribution < 1.29 is 19.0 Å². The molecule has 0 bridgehead atoms. The molecule has 0 radical (unpaired) electrons. The molecule has 198 valence electrons. The van der Waals surface area contributed by atoms with E-state index in [9.17, 15) is 4.79 Å². The highest BCUT2D eigenvalue weighted by Crippen LogP contribution is 2.32. The third kappa shape index (κ3) is 7.45. The van der Waals surface area contributed by atoms with E-state index in [2.05, 4.69) is 55.1 Å². The van der Waals surface area contributed by atoms with E-state index in [4.69, 9.17) is 14.2 Å². The van der Waals surface area contributed by atoms with Gasteiger partial charge in [0.2, 0.25) is 6.29 Å². The zero-order valence-corrected chi connectivity index (χ0v) is 23.6. The number of rotatable bonds is 10. The fourth-order valence-corrected chi connectivity index (χ4v) is 3.67. The first-order valence-electron chi connectivity index (χ1n) is 12.7. The van der Waals surface area contributed by atoms with Gasteiger partial charge >= 0.3 is 6.16 Å². The molecule has 2 aromatic rings. The van der Waals surface area contributed by atoms with E-state index in [1.54, 1.807) is 20.2 Å². The Balaban J connectivity index is 2.56. The van der Waals surface area contributed by atoms with Gasteiger partial charge in [-0.2, -0.15) is 5.10 Å². The summed E-state index contributed by atoms with van der Waals surface area (Å²) in [7, 11) is 1.72. The van der Waals surface area contributed by atoms with Gasteiger partial charge in [0.15, 0.2) is 5.76 Å². The smallest absolute Gasteiger partial charge is 0.452 e. The third-order valence-corrected chi connectivity index (χ3v) is 6.23. The van der Waals surface area contributed by atoms with Crippen molar-refractivity contribution in [2.75, 3.05) is 13.7 Å². The number of aryl methyl sites for hydroxylation is 2. The van der Waals surface area contributed by atoms with Crippen LogP contribution in [0.4, 0.5) is 4.79 Å². The number of allylic oxidation sites excluding steroid dienone is 1. The number of hydrogen-bond donors (Lipinski definition) is 0. The lowest BCUT2D eigenvalue weighted by molar-refractivity contribution is -0.0694. The van der Waals surface area contributed by atoms with Crippen LogP contribution in [0.25, 0.3) is 11.3 Å². The van der Waals surface area contributed by atoms with Crippen molar-refractivity contribution in [3.8, 4) is 0 Å². The SMILES string of the molecule is CCC(C)COC(=O)OC(C)O/C(=C(/C=NC)c1ccc(C(C)(C)C)cc1)c1c(C)c(C)nn1CC. The van der Waals surface area contributed by atoms with Crippen molar-refractivity contribution in [3.05, 3.63) is 52.3 Å². The van der Waals surface area contributed by atoms with Gasteiger partial charge in [0.05, 0.1) is 12.3 Å². The second-order valence-corrected chi connectivity index (χ2v) is 10.2. The topological polar surface area (TPSA) is 74.9 Å². The Kier molecular flexibility index (Phi) is 10.3. The first-order chi connectivity index (χ1) is 16.9. The number of ether oxygens (including phenoxy) is 3. The van der Waals surface area contributed by atoms with Gasteiger partial charge in [-0.25, -0.2) is 4.79 Å². The maximum Gasteiger partial charge on any atom is 0.511 e. The Labute approximate surface area is 216 Å². The van der Waals surface area contributed by atoms with Crippen molar-refractivity contribution in [2.24, 2.45) is 10.9 Å². The van der Waals surface area contributed by atoms with Gasteiger partial charge < -0.3 is 14.2 Å². The summed E-state index contributed by atoms with van der Waals surface area (Å²) in [6, 6.07) is 8.39. The Bertz CT molecular complexity index is 1080. The Morgan fingerprint density at radius 1 is 1.11 bits per heavy atom. The number of nitrogens with zero attached hydrogens (tertiary/aromatic N) is 3. The van der Waals surface area contributed by atoms with E-state index in [-0.39, 0.29) is 11.3 Å². The van der Waals surface area contributed by atoms with Gasteiger partial charge in [-0.15, -0.1) is 0 Å². The zero-order valence-electron chi connectivity index (χ0n) is 23.6. The summed E-state index contributed by atoms with van der Waals surface area (Å²) in [6.07, 6.45) is 1.05. The first-order valence-corrected chi connectivity index (χ1v) is 12.7. The second kappa shape index (κ2) is 12.7. The number of aromatic nitrogens is 2. The highest BCUT2D eigenvalue weighted by atomic mass is 16.8. The van der Waals surface area contributed by atoms with Gasteiger partial charge in [-0.1, -0.05) is 65.3 Å². The lowest BCUT2D eigenvalue weighted by Crippen LogP contribution is -2.21. The first kappa shape index (κ1) is 29.1. The Morgan fingerprint density at radius 2 is 1.75 bits per heavy atom. The van der Waals surface area contributed by atoms with Crippen LogP contribution in [0, 0.1) is 19.8 Å². The maximum atomic E-state index is 12.3. The van der Waals surface area contributed by atoms with E-state index in [0.717, 1.165) is 34.5 Å². The minimum atomic E-state index is -0.890. The molecule has 1 aromatic heterocycles. The van der Waals surface area contributed by atoms with Crippen LogP contribution in [0.3, 0.4) is 0 Å². The van der Waals surface area contributed by atoms with Crippen LogP contribution in [0.15, 0.2) is 29.3 Å². The summed E-state index contributed by atoms with van der Waals surface area (Å²) in [5.41, 5.74) is 5.71. The standard InChI is InChI=1S/C29H43N3O4/c1-11-19(3)18-34-28(33)36-22(6)35-27(26-20(4)21(5)31-32(26)12-2)25(17-30-10)23-13-15-24(16-14-23)29(7,8)9/h13-17,19,22H,11-12,18H2,1-10H3/b27-25-,30-17?. The van der Waals surface area contributed by atoms with Crippen molar-refractivity contribution in [1.29, 1.82) is 0 Å². The molecule has 0 aliphatic heterocycles. The molecule has 1 aromatic carbocycles. The molecule has 0 amide bonds. The minimum Gasteiger partial charge on any atom is -0.452 e. The molecule has 2 unspecified atom stereocenters. The molecule has 0 saturated carbocycles. The predicted molar refractivity (Wildman–Crippen MR) is 146 cm³/mol. The molecule has 0 N–H and O–H groups in total. The quantitative estimate of drug-likeness (QED) is 0.154. The van der Waals surface area contributed by atoms with Crippen molar-refractivity contribution in [2.45, 2.75) is 87.0 Å². The molecule has 1 heterocycles. The Morgan fingerprint density at radius 3 is 2.28 bits per heavy atom. The minimum absolute atomic E-state index is 0.0348. The number of carbonyl (C=O) groups is 1. The van der Waals surface area contributed by atoms with Crippen LogP contribution in [0.5, 0.6) is 0 Å². The van der Waals surface area contributed by atoms with Gasteiger partial charge in [-0.3, -0.25) is 9.67 Å². The zero-order chi connectivity index (χ0) is 27.0. The molecule has 2 rings (SSSR count). The molecule has 0 spiro atoms. The average Bonchev–Trinajstić information content (AvgIpc) is 3.12. The fraction of sp³-hybridized carbons (Fsp3) is 0.552. The van der Waals surface area contributed by atoms with Crippen molar-refractivity contribution >= 4 is 23.7 Å². The molecule has 36 heavy (non-hydrogen) atoms. The van der Waals surface area contributed by atoms with Crippen LogP contribution in [0.1, 0.15) is 83.0 Å². The summed E-state index contributed by atoms with van der Waals surface area (Å²) in [5.74, 6) is 0.809. The largest absolute Gasteiger partial charge is 0.511 e. The molecule has 0 fully saturated rings. The maximum absolute atomic E-state index is 12.3. The summed E-state index contributed by atoms with van der Waals surface area (Å²) in [6.45, 7) is 19.3. The lowest BCUT2D eigenvalue weighted by atomic mass is 9.86. The molecule has 0 aliphatic carbocycles. The summed E-state index contributed by atoms with van der Waals surface area (Å²) >= 11 is 0. The van der Waals surface area contributed by atoms with E-state index in [1.807, 2.05) is 39.3 Å². The molecule has 0 aliphatic rings. The van der Waals surface area contributed by atoms with Gasteiger partial charge in [0.1, 0.15) is 5.69 Å².